The molecule has 0 aromatic carbocycles. The van der Waals surface area contributed by atoms with E-state index in [0.29, 0.717) is 18.5 Å². The Balaban J connectivity index is 2.65. The minimum Gasteiger partial charge on any atom is -0.432 e. The summed E-state index contributed by atoms with van der Waals surface area (Å²) in [7, 11) is 3.60. The van der Waals surface area contributed by atoms with Gasteiger partial charge >= 0.3 is 0 Å². The van der Waals surface area contributed by atoms with Gasteiger partial charge in [0, 0.05) is 26.7 Å². The van der Waals surface area contributed by atoms with Gasteiger partial charge < -0.3 is 19.4 Å². The summed E-state index contributed by atoms with van der Waals surface area (Å²) in [6, 6.07) is 0.681. The number of ether oxygens (including phenoxy) is 1. The molecule has 0 aliphatic carbocycles. The molecule has 0 bridgehead atoms. The monoisotopic (exact) mass is 241 g/mol. The van der Waals surface area contributed by atoms with Crippen LogP contribution in [-0.2, 0) is 11.3 Å². The second kappa shape index (κ2) is 7.29. The van der Waals surface area contributed by atoms with Crippen LogP contribution in [-0.4, -0.2) is 38.8 Å². The second-order valence-corrected chi connectivity index (χ2v) is 4.48. The fourth-order valence-corrected chi connectivity index (χ4v) is 1.61. The quantitative estimate of drug-likeness (QED) is 0.747. The van der Waals surface area contributed by atoms with E-state index in [4.69, 9.17) is 9.15 Å². The van der Waals surface area contributed by atoms with Gasteiger partial charge in [0.05, 0.1) is 12.3 Å². The molecule has 0 spiro atoms. The molecular formula is C12H23N3O2. The van der Waals surface area contributed by atoms with Crippen LogP contribution in [0.5, 0.6) is 0 Å². The third kappa shape index (κ3) is 4.75. The van der Waals surface area contributed by atoms with Crippen molar-refractivity contribution in [1.29, 1.82) is 0 Å². The summed E-state index contributed by atoms with van der Waals surface area (Å²) in [5.74, 6) is 0.562. The van der Waals surface area contributed by atoms with Crippen molar-refractivity contribution in [2.45, 2.75) is 20.4 Å². The largest absolute Gasteiger partial charge is 0.432 e. The highest BCUT2D eigenvalue weighted by atomic mass is 16.5. The van der Waals surface area contributed by atoms with Gasteiger partial charge in [-0.1, -0.05) is 13.8 Å². The van der Waals surface area contributed by atoms with E-state index in [1.54, 1.807) is 13.4 Å². The lowest BCUT2D eigenvalue weighted by molar-refractivity contribution is 0.203. The summed E-state index contributed by atoms with van der Waals surface area (Å²) >= 11 is 0. The molecule has 1 N–H and O–H groups in total. The average molecular weight is 241 g/mol. The highest BCUT2D eigenvalue weighted by molar-refractivity contribution is 5.27. The molecule has 0 saturated carbocycles. The predicted molar refractivity (Wildman–Crippen MR) is 68.2 cm³/mol. The Morgan fingerprint density at radius 1 is 1.53 bits per heavy atom. The lowest BCUT2D eigenvalue weighted by Gasteiger charge is -2.22. The van der Waals surface area contributed by atoms with Gasteiger partial charge in [-0.25, -0.2) is 0 Å². The number of anilines is 1. The molecular weight excluding hydrogens is 218 g/mol. The van der Waals surface area contributed by atoms with Crippen LogP contribution >= 0.6 is 0 Å². The lowest BCUT2D eigenvalue weighted by atomic mass is 10.2. The molecule has 98 valence electrons. The minimum atomic E-state index is 0.562. The van der Waals surface area contributed by atoms with Crippen molar-refractivity contribution in [2.75, 3.05) is 38.8 Å². The Hall–Kier alpha value is -1.07. The van der Waals surface area contributed by atoms with Gasteiger partial charge in [-0.2, -0.15) is 4.98 Å². The van der Waals surface area contributed by atoms with E-state index in [9.17, 15) is 0 Å². The molecule has 1 aromatic rings. The SMILES string of the molecule is CNCc1coc(N(CCOC)CC(C)C)n1. The number of rotatable bonds is 8. The summed E-state index contributed by atoms with van der Waals surface area (Å²) in [4.78, 5) is 6.57. The summed E-state index contributed by atoms with van der Waals surface area (Å²) in [5, 5.41) is 3.05. The van der Waals surface area contributed by atoms with Crippen LogP contribution in [0.3, 0.4) is 0 Å². The molecule has 0 aliphatic heterocycles. The maximum atomic E-state index is 5.50. The van der Waals surface area contributed by atoms with Gasteiger partial charge in [-0.3, -0.25) is 0 Å². The van der Waals surface area contributed by atoms with Gasteiger partial charge in [0.25, 0.3) is 6.01 Å². The maximum Gasteiger partial charge on any atom is 0.297 e. The van der Waals surface area contributed by atoms with Crippen molar-refractivity contribution in [3.05, 3.63) is 12.0 Å². The summed E-state index contributed by atoms with van der Waals surface area (Å²) in [6.45, 7) is 7.48. The molecule has 0 atom stereocenters. The summed E-state index contributed by atoms with van der Waals surface area (Å²) < 4.78 is 10.6. The molecule has 1 heterocycles. The van der Waals surface area contributed by atoms with E-state index in [-0.39, 0.29) is 0 Å². The molecule has 0 aliphatic rings. The zero-order valence-corrected chi connectivity index (χ0v) is 11.2. The average Bonchev–Trinajstić information content (AvgIpc) is 2.73. The van der Waals surface area contributed by atoms with Crippen molar-refractivity contribution < 1.29 is 9.15 Å². The van der Waals surface area contributed by atoms with Crippen LogP contribution in [0.2, 0.25) is 0 Å². The first-order valence-electron chi connectivity index (χ1n) is 6.00. The van der Waals surface area contributed by atoms with Gasteiger partial charge in [-0.15, -0.1) is 0 Å². The van der Waals surface area contributed by atoms with Gasteiger partial charge in [0.2, 0.25) is 0 Å². The summed E-state index contributed by atoms with van der Waals surface area (Å²) in [5.41, 5.74) is 0.925. The number of nitrogens with zero attached hydrogens (tertiary/aromatic N) is 2. The standard InChI is InChI=1S/C12H23N3O2/c1-10(2)8-15(5-6-16-4)12-14-11(7-13-3)9-17-12/h9-10,13H,5-8H2,1-4H3. The van der Waals surface area contributed by atoms with Gasteiger partial charge in [-0.05, 0) is 13.0 Å². The maximum absolute atomic E-state index is 5.50. The number of methoxy groups -OCH3 is 1. The zero-order chi connectivity index (χ0) is 12.7. The van der Waals surface area contributed by atoms with E-state index >= 15 is 0 Å². The molecule has 0 radical (unpaired) electrons. The molecule has 5 nitrogen and oxygen atoms in total. The Morgan fingerprint density at radius 2 is 2.29 bits per heavy atom. The highest BCUT2D eigenvalue weighted by Crippen LogP contribution is 2.15. The number of hydrogen-bond acceptors (Lipinski definition) is 5. The summed E-state index contributed by atoms with van der Waals surface area (Å²) in [6.07, 6.45) is 1.70. The Kier molecular flexibility index (Phi) is 6.00. The van der Waals surface area contributed by atoms with Crippen molar-refractivity contribution in [2.24, 2.45) is 5.92 Å². The van der Waals surface area contributed by atoms with Crippen molar-refractivity contribution in [3.63, 3.8) is 0 Å². The second-order valence-electron chi connectivity index (χ2n) is 4.48. The minimum absolute atomic E-state index is 0.562. The first-order chi connectivity index (χ1) is 8.17. The molecule has 0 amide bonds. The first kappa shape index (κ1) is 14.0. The van der Waals surface area contributed by atoms with Crippen LogP contribution in [0.25, 0.3) is 0 Å². The highest BCUT2D eigenvalue weighted by Gasteiger charge is 2.14. The number of oxazole rings is 1. The van der Waals surface area contributed by atoms with E-state index in [1.165, 1.54) is 0 Å². The number of aromatic nitrogens is 1. The molecule has 0 unspecified atom stereocenters. The third-order valence-electron chi connectivity index (χ3n) is 2.32. The van der Waals surface area contributed by atoms with Crippen LogP contribution in [0.4, 0.5) is 6.01 Å². The molecule has 17 heavy (non-hydrogen) atoms. The molecule has 0 saturated heterocycles. The molecule has 5 heteroatoms. The first-order valence-corrected chi connectivity index (χ1v) is 6.00. The predicted octanol–water partition coefficient (Wildman–Crippen LogP) is 1.50. The zero-order valence-electron chi connectivity index (χ0n) is 11.2. The van der Waals surface area contributed by atoms with E-state index < -0.39 is 0 Å². The van der Waals surface area contributed by atoms with E-state index in [2.05, 4.69) is 29.0 Å². The number of hydrogen-bond donors (Lipinski definition) is 1. The Bertz CT molecular complexity index is 312. The molecule has 1 rings (SSSR count). The topological polar surface area (TPSA) is 50.5 Å². The van der Waals surface area contributed by atoms with E-state index in [1.807, 2.05) is 7.05 Å². The van der Waals surface area contributed by atoms with Crippen LogP contribution in [0, 0.1) is 5.92 Å². The fourth-order valence-electron chi connectivity index (χ4n) is 1.61. The Morgan fingerprint density at radius 3 is 2.88 bits per heavy atom. The van der Waals surface area contributed by atoms with Crippen molar-refractivity contribution in [3.8, 4) is 0 Å². The third-order valence-corrected chi connectivity index (χ3v) is 2.32. The molecule has 1 aromatic heterocycles. The van der Waals surface area contributed by atoms with Gasteiger partial charge in [0.1, 0.15) is 6.26 Å². The Labute approximate surface area is 103 Å². The van der Waals surface area contributed by atoms with Crippen LogP contribution < -0.4 is 10.2 Å². The van der Waals surface area contributed by atoms with E-state index in [0.717, 1.165) is 25.3 Å². The normalized spacial score (nSPS) is 11.1. The van der Waals surface area contributed by atoms with Crippen molar-refractivity contribution >= 4 is 6.01 Å². The fraction of sp³-hybridized carbons (Fsp3) is 0.750. The van der Waals surface area contributed by atoms with Crippen molar-refractivity contribution in [1.82, 2.24) is 10.3 Å². The van der Waals surface area contributed by atoms with Crippen LogP contribution in [0.1, 0.15) is 19.5 Å². The molecule has 0 fully saturated rings. The smallest absolute Gasteiger partial charge is 0.297 e. The van der Waals surface area contributed by atoms with Crippen LogP contribution in [0.15, 0.2) is 10.7 Å². The number of nitrogens with one attached hydrogen (secondary N) is 1. The van der Waals surface area contributed by atoms with Gasteiger partial charge in [0.15, 0.2) is 0 Å². The lowest BCUT2D eigenvalue weighted by Crippen LogP contribution is -2.31.